The Morgan fingerprint density at radius 1 is 1.47 bits per heavy atom. The topological polar surface area (TPSA) is 90.9 Å². The molecule has 0 aliphatic rings. The minimum absolute atomic E-state index is 0.0289. The van der Waals surface area contributed by atoms with Crippen molar-refractivity contribution in [1.29, 1.82) is 0 Å². The Kier molecular flexibility index (Phi) is 4.41. The third-order valence-corrected chi connectivity index (χ3v) is 3.98. The summed E-state index contributed by atoms with van der Waals surface area (Å²) in [7, 11) is -3.46. The summed E-state index contributed by atoms with van der Waals surface area (Å²) >= 11 is 0. The van der Waals surface area contributed by atoms with Crippen LogP contribution in [-0.4, -0.2) is 28.9 Å². The Balaban J connectivity index is 3.28. The van der Waals surface area contributed by atoms with E-state index in [0.717, 1.165) is 0 Å². The van der Waals surface area contributed by atoms with E-state index in [1.54, 1.807) is 4.57 Å². The molecule has 1 atom stereocenters. The molecule has 0 saturated heterocycles. The molecule has 0 radical (unpaired) electrons. The van der Waals surface area contributed by atoms with Gasteiger partial charge in [0, 0.05) is 6.54 Å². The Labute approximate surface area is 101 Å². The third-order valence-electron chi connectivity index (χ3n) is 2.45. The summed E-state index contributed by atoms with van der Waals surface area (Å²) in [6.45, 7) is 7.65. The Morgan fingerprint density at radius 3 is 2.59 bits per heavy atom. The van der Waals surface area contributed by atoms with Crippen LogP contribution in [0.25, 0.3) is 0 Å². The summed E-state index contributed by atoms with van der Waals surface area (Å²) in [4.78, 5) is 0. The largest absolute Gasteiger partial charge is 0.321 e. The van der Waals surface area contributed by atoms with Crippen molar-refractivity contribution in [3.05, 3.63) is 18.5 Å². The summed E-state index contributed by atoms with van der Waals surface area (Å²) in [5.41, 5.74) is 5.86. The molecule has 0 saturated carbocycles. The van der Waals surface area contributed by atoms with E-state index in [1.807, 2.05) is 13.8 Å². The predicted octanol–water partition coefficient (Wildman–Crippen LogP) is 0.667. The molecule has 0 aromatic carbocycles. The molecule has 1 aromatic rings. The zero-order chi connectivity index (χ0) is 13.1. The lowest BCUT2D eigenvalue weighted by molar-refractivity contribution is 0.543. The Hall–Kier alpha value is -1.21. The molecule has 0 spiro atoms. The number of aromatic nitrogens is 3. The van der Waals surface area contributed by atoms with Gasteiger partial charge in [-0.3, -0.25) is 0 Å². The minimum Gasteiger partial charge on any atom is -0.321 e. The molecule has 17 heavy (non-hydrogen) atoms. The highest BCUT2D eigenvalue weighted by Crippen LogP contribution is 2.17. The molecule has 6 nitrogen and oxygen atoms in total. The SMILES string of the molecule is C=CCS(=O)(=O)c1nnc(C(N)CC)n1CC. The normalized spacial score (nSPS) is 13.6. The summed E-state index contributed by atoms with van der Waals surface area (Å²) < 4.78 is 25.4. The number of hydrogen-bond acceptors (Lipinski definition) is 5. The van der Waals surface area contributed by atoms with Crippen molar-refractivity contribution in [2.45, 2.75) is 38.0 Å². The highest BCUT2D eigenvalue weighted by Gasteiger charge is 2.24. The summed E-state index contributed by atoms with van der Waals surface area (Å²) in [6.07, 6.45) is 2.02. The first-order valence-electron chi connectivity index (χ1n) is 5.50. The van der Waals surface area contributed by atoms with Crippen LogP contribution in [0.1, 0.15) is 32.1 Å². The first-order chi connectivity index (χ1) is 7.97. The van der Waals surface area contributed by atoms with Crippen molar-refractivity contribution >= 4 is 9.84 Å². The lowest BCUT2D eigenvalue weighted by Crippen LogP contribution is -2.19. The van der Waals surface area contributed by atoms with Crippen molar-refractivity contribution in [1.82, 2.24) is 14.8 Å². The fourth-order valence-electron chi connectivity index (χ4n) is 1.51. The van der Waals surface area contributed by atoms with Crippen LogP contribution in [0.5, 0.6) is 0 Å². The standard InChI is InChI=1S/C10H18N4O2S/c1-4-7-17(15,16)10-13-12-9(8(11)5-2)14(10)6-3/h4,8H,1,5-7,11H2,2-3H3. The van der Waals surface area contributed by atoms with E-state index in [0.29, 0.717) is 18.8 Å². The lowest BCUT2D eigenvalue weighted by atomic mass is 10.2. The first-order valence-corrected chi connectivity index (χ1v) is 7.15. The molecule has 1 rings (SSSR count). The van der Waals surface area contributed by atoms with Crippen LogP contribution in [0.15, 0.2) is 17.8 Å². The van der Waals surface area contributed by atoms with Crippen LogP contribution in [0.2, 0.25) is 0 Å². The molecule has 0 bridgehead atoms. The maximum atomic E-state index is 11.9. The number of rotatable bonds is 6. The smallest absolute Gasteiger partial charge is 0.250 e. The predicted molar refractivity (Wildman–Crippen MR) is 65.2 cm³/mol. The zero-order valence-corrected chi connectivity index (χ0v) is 10.9. The van der Waals surface area contributed by atoms with Crippen LogP contribution in [-0.2, 0) is 16.4 Å². The third kappa shape index (κ3) is 2.73. The maximum absolute atomic E-state index is 11.9. The average molecular weight is 258 g/mol. The summed E-state index contributed by atoms with van der Waals surface area (Å²) in [5.74, 6) is 0.365. The molecule has 1 aromatic heterocycles. The van der Waals surface area contributed by atoms with E-state index in [-0.39, 0.29) is 17.0 Å². The number of hydrogen-bond donors (Lipinski definition) is 1. The summed E-state index contributed by atoms with van der Waals surface area (Å²) in [5, 5.41) is 7.60. The van der Waals surface area contributed by atoms with Gasteiger partial charge in [-0.25, -0.2) is 8.42 Å². The van der Waals surface area contributed by atoms with Crippen LogP contribution < -0.4 is 5.73 Å². The van der Waals surface area contributed by atoms with E-state index in [1.165, 1.54) is 6.08 Å². The highest BCUT2D eigenvalue weighted by molar-refractivity contribution is 7.91. The molecule has 0 amide bonds. The van der Waals surface area contributed by atoms with E-state index in [2.05, 4.69) is 16.8 Å². The fraction of sp³-hybridized carbons (Fsp3) is 0.600. The van der Waals surface area contributed by atoms with Crippen molar-refractivity contribution in [2.24, 2.45) is 5.73 Å². The molecule has 0 fully saturated rings. The van der Waals surface area contributed by atoms with Gasteiger partial charge in [0.15, 0.2) is 5.82 Å². The van der Waals surface area contributed by atoms with Gasteiger partial charge >= 0.3 is 0 Å². The molecule has 7 heteroatoms. The second-order valence-corrected chi connectivity index (χ2v) is 5.60. The van der Waals surface area contributed by atoms with Crippen LogP contribution in [0.4, 0.5) is 0 Å². The van der Waals surface area contributed by atoms with Crippen molar-refractivity contribution < 1.29 is 8.42 Å². The van der Waals surface area contributed by atoms with Crippen molar-refractivity contribution in [3.8, 4) is 0 Å². The number of nitrogens with zero attached hydrogens (tertiary/aromatic N) is 3. The zero-order valence-electron chi connectivity index (χ0n) is 10.1. The van der Waals surface area contributed by atoms with Gasteiger partial charge in [0.2, 0.25) is 15.0 Å². The van der Waals surface area contributed by atoms with Crippen molar-refractivity contribution in [3.63, 3.8) is 0 Å². The second-order valence-electron chi connectivity index (χ2n) is 3.67. The van der Waals surface area contributed by atoms with Gasteiger partial charge in [0.05, 0.1) is 11.8 Å². The van der Waals surface area contributed by atoms with Gasteiger partial charge < -0.3 is 10.3 Å². The Morgan fingerprint density at radius 2 is 2.12 bits per heavy atom. The van der Waals surface area contributed by atoms with Gasteiger partial charge in [0.1, 0.15) is 0 Å². The maximum Gasteiger partial charge on any atom is 0.250 e. The molecule has 2 N–H and O–H groups in total. The quantitative estimate of drug-likeness (QED) is 0.757. The van der Waals surface area contributed by atoms with Crippen LogP contribution in [0.3, 0.4) is 0 Å². The van der Waals surface area contributed by atoms with Gasteiger partial charge in [-0.15, -0.1) is 16.8 Å². The van der Waals surface area contributed by atoms with Crippen LogP contribution >= 0.6 is 0 Å². The Bertz CT molecular complexity index is 492. The average Bonchev–Trinajstić information content (AvgIpc) is 2.72. The minimum atomic E-state index is -3.46. The molecule has 0 aliphatic carbocycles. The fourth-order valence-corrected chi connectivity index (χ4v) is 2.70. The van der Waals surface area contributed by atoms with Gasteiger partial charge in [0.25, 0.3) is 0 Å². The first kappa shape index (κ1) is 13.9. The second kappa shape index (κ2) is 5.42. The van der Waals surface area contributed by atoms with E-state index in [4.69, 9.17) is 5.73 Å². The van der Waals surface area contributed by atoms with Gasteiger partial charge in [-0.05, 0) is 13.3 Å². The van der Waals surface area contributed by atoms with Gasteiger partial charge in [-0.1, -0.05) is 13.0 Å². The van der Waals surface area contributed by atoms with E-state index in [9.17, 15) is 8.42 Å². The van der Waals surface area contributed by atoms with Crippen molar-refractivity contribution in [2.75, 3.05) is 5.75 Å². The summed E-state index contributed by atoms with van der Waals surface area (Å²) in [6, 6.07) is -0.296. The highest BCUT2D eigenvalue weighted by atomic mass is 32.2. The van der Waals surface area contributed by atoms with E-state index < -0.39 is 9.84 Å². The molecular weight excluding hydrogens is 240 g/mol. The lowest BCUT2D eigenvalue weighted by Gasteiger charge is -2.11. The van der Waals surface area contributed by atoms with Gasteiger partial charge in [-0.2, -0.15) is 0 Å². The molecular formula is C10H18N4O2S. The number of sulfone groups is 1. The molecule has 0 aliphatic heterocycles. The molecule has 96 valence electrons. The van der Waals surface area contributed by atoms with Crippen LogP contribution in [0, 0.1) is 0 Å². The number of nitrogens with two attached hydrogens (primary N) is 1. The monoisotopic (exact) mass is 258 g/mol. The van der Waals surface area contributed by atoms with E-state index >= 15 is 0 Å². The molecule has 1 unspecified atom stereocenters. The molecule has 1 heterocycles.